The van der Waals surface area contributed by atoms with Crippen molar-refractivity contribution in [3.63, 3.8) is 0 Å². The largest absolute Gasteiger partial charge is 0.508 e. The molecule has 1 amide bonds. The van der Waals surface area contributed by atoms with Crippen molar-refractivity contribution in [3.8, 4) is 5.75 Å². The number of phenols is 1. The van der Waals surface area contributed by atoms with E-state index in [4.69, 9.17) is 0 Å². The minimum Gasteiger partial charge on any atom is -0.508 e. The second kappa shape index (κ2) is 6.40. The fourth-order valence-corrected chi connectivity index (χ4v) is 1.86. The number of hydrogen-bond donors (Lipinski definition) is 2. The molecule has 1 rings (SSSR count). The monoisotopic (exact) mass is 250 g/mol. The van der Waals surface area contributed by atoms with Gasteiger partial charge in [-0.05, 0) is 39.4 Å². The van der Waals surface area contributed by atoms with E-state index in [1.165, 1.54) is 0 Å². The van der Waals surface area contributed by atoms with E-state index in [1.54, 1.807) is 6.07 Å². The average molecular weight is 250 g/mol. The Kier molecular flexibility index (Phi) is 5.16. The molecule has 0 aromatic heterocycles. The summed E-state index contributed by atoms with van der Waals surface area (Å²) >= 11 is 0. The molecule has 4 heteroatoms. The molecule has 0 saturated heterocycles. The molecule has 1 unspecified atom stereocenters. The first kappa shape index (κ1) is 14.5. The predicted molar refractivity (Wildman–Crippen MR) is 72.6 cm³/mol. The molecule has 0 aliphatic rings. The van der Waals surface area contributed by atoms with Crippen molar-refractivity contribution in [1.82, 2.24) is 10.2 Å². The van der Waals surface area contributed by atoms with Crippen LogP contribution in [0.5, 0.6) is 5.75 Å². The van der Waals surface area contributed by atoms with Crippen LogP contribution in [-0.4, -0.2) is 36.1 Å². The van der Waals surface area contributed by atoms with Crippen molar-refractivity contribution in [1.29, 1.82) is 0 Å². The Morgan fingerprint density at radius 3 is 2.72 bits per heavy atom. The van der Waals surface area contributed by atoms with Crippen molar-refractivity contribution in [3.05, 3.63) is 29.3 Å². The summed E-state index contributed by atoms with van der Waals surface area (Å²) < 4.78 is 0. The van der Waals surface area contributed by atoms with Crippen LogP contribution in [0, 0.1) is 6.92 Å². The molecule has 18 heavy (non-hydrogen) atoms. The molecule has 0 heterocycles. The van der Waals surface area contributed by atoms with Gasteiger partial charge in [-0.25, -0.2) is 0 Å². The Labute approximate surface area is 109 Å². The predicted octanol–water partition coefficient (Wildman–Crippen LogP) is 1.83. The molecule has 0 bridgehead atoms. The summed E-state index contributed by atoms with van der Waals surface area (Å²) in [7, 11) is 1.87. The van der Waals surface area contributed by atoms with Gasteiger partial charge in [0.05, 0.1) is 6.54 Å². The van der Waals surface area contributed by atoms with Crippen LogP contribution in [0.4, 0.5) is 0 Å². The quantitative estimate of drug-likeness (QED) is 0.838. The van der Waals surface area contributed by atoms with E-state index >= 15 is 0 Å². The number of amides is 1. The minimum absolute atomic E-state index is 0.00143. The second-order valence-corrected chi connectivity index (χ2v) is 4.61. The van der Waals surface area contributed by atoms with Crippen molar-refractivity contribution < 1.29 is 9.90 Å². The molecule has 0 aliphatic carbocycles. The Morgan fingerprint density at radius 1 is 1.50 bits per heavy atom. The fraction of sp³-hybridized carbons (Fsp3) is 0.500. The van der Waals surface area contributed by atoms with Crippen molar-refractivity contribution >= 4 is 5.91 Å². The van der Waals surface area contributed by atoms with Crippen LogP contribution in [0.25, 0.3) is 0 Å². The number of carbonyl (C=O) groups is 1. The van der Waals surface area contributed by atoms with Gasteiger partial charge in [0.2, 0.25) is 5.91 Å². The van der Waals surface area contributed by atoms with Crippen molar-refractivity contribution in [2.24, 2.45) is 0 Å². The number of nitrogens with one attached hydrogen (secondary N) is 1. The van der Waals surface area contributed by atoms with Crippen LogP contribution in [0.3, 0.4) is 0 Å². The van der Waals surface area contributed by atoms with E-state index in [0.717, 1.165) is 11.1 Å². The van der Waals surface area contributed by atoms with Gasteiger partial charge in [-0.2, -0.15) is 0 Å². The van der Waals surface area contributed by atoms with Crippen LogP contribution in [-0.2, 0) is 4.79 Å². The van der Waals surface area contributed by atoms with Gasteiger partial charge in [0, 0.05) is 18.2 Å². The van der Waals surface area contributed by atoms with E-state index in [2.05, 4.69) is 5.32 Å². The summed E-state index contributed by atoms with van der Waals surface area (Å²) in [6.45, 7) is 6.77. The smallest absolute Gasteiger partial charge is 0.234 e. The molecule has 0 spiro atoms. The van der Waals surface area contributed by atoms with Crippen LogP contribution in [0.15, 0.2) is 18.2 Å². The van der Waals surface area contributed by atoms with Gasteiger partial charge in [0.15, 0.2) is 0 Å². The first-order valence-corrected chi connectivity index (χ1v) is 6.22. The maximum atomic E-state index is 11.5. The molecule has 0 aliphatic heterocycles. The maximum absolute atomic E-state index is 11.5. The lowest BCUT2D eigenvalue weighted by Gasteiger charge is -2.25. The lowest BCUT2D eigenvalue weighted by molar-refractivity contribution is -0.122. The summed E-state index contributed by atoms with van der Waals surface area (Å²) in [5.74, 6) is 0.281. The summed E-state index contributed by atoms with van der Waals surface area (Å²) in [5, 5.41) is 12.7. The first-order chi connectivity index (χ1) is 8.45. The zero-order chi connectivity index (χ0) is 13.7. The number of nitrogens with zero attached hydrogens (tertiary/aromatic N) is 1. The van der Waals surface area contributed by atoms with Gasteiger partial charge in [0.25, 0.3) is 0 Å². The summed E-state index contributed by atoms with van der Waals surface area (Å²) in [4.78, 5) is 13.4. The summed E-state index contributed by atoms with van der Waals surface area (Å²) in [6.07, 6.45) is 0. The minimum atomic E-state index is -0.00629. The molecular weight excluding hydrogens is 228 g/mol. The Hall–Kier alpha value is -1.55. The number of rotatable bonds is 5. The highest BCUT2D eigenvalue weighted by Gasteiger charge is 2.17. The number of hydrogen-bond acceptors (Lipinski definition) is 3. The van der Waals surface area contributed by atoms with E-state index in [9.17, 15) is 9.90 Å². The number of benzene rings is 1. The Morgan fingerprint density at radius 2 is 2.17 bits per heavy atom. The van der Waals surface area contributed by atoms with Crippen LogP contribution >= 0.6 is 0 Å². The third-order valence-electron chi connectivity index (χ3n) is 3.06. The van der Waals surface area contributed by atoms with Gasteiger partial charge >= 0.3 is 0 Å². The first-order valence-electron chi connectivity index (χ1n) is 6.22. The van der Waals surface area contributed by atoms with Gasteiger partial charge in [-0.1, -0.05) is 12.1 Å². The number of phenolic OH excluding ortho intramolecular Hbond substituents is 1. The van der Waals surface area contributed by atoms with E-state index in [1.807, 2.05) is 44.9 Å². The SMILES string of the molecule is CCNC(=O)CN(C)C(C)c1ccc(C)cc1O. The molecule has 4 nitrogen and oxygen atoms in total. The number of aromatic hydroxyl groups is 1. The standard InChI is InChI=1S/C14H22N2O2/c1-5-15-14(18)9-16(4)11(3)12-7-6-10(2)8-13(12)17/h6-8,11,17H,5,9H2,1-4H3,(H,15,18). The molecule has 0 radical (unpaired) electrons. The zero-order valence-electron chi connectivity index (χ0n) is 11.5. The normalized spacial score (nSPS) is 12.5. The highest BCUT2D eigenvalue weighted by atomic mass is 16.3. The fourth-order valence-electron chi connectivity index (χ4n) is 1.86. The topological polar surface area (TPSA) is 52.6 Å². The number of carbonyl (C=O) groups excluding carboxylic acids is 1. The van der Waals surface area contributed by atoms with Crippen molar-refractivity contribution in [2.75, 3.05) is 20.1 Å². The third-order valence-corrected chi connectivity index (χ3v) is 3.06. The molecule has 0 saturated carbocycles. The van der Waals surface area contributed by atoms with Gasteiger partial charge in [-0.3, -0.25) is 9.69 Å². The number of likely N-dealkylation sites (N-methyl/N-ethyl adjacent to an activating group) is 2. The molecule has 100 valence electrons. The third kappa shape index (κ3) is 3.74. The van der Waals surface area contributed by atoms with Gasteiger partial charge in [-0.15, -0.1) is 0 Å². The molecule has 2 N–H and O–H groups in total. The maximum Gasteiger partial charge on any atom is 0.234 e. The summed E-state index contributed by atoms with van der Waals surface area (Å²) in [5.41, 5.74) is 1.86. The average Bonchev–Trinajstić information content (AvgIpc) is 2.28. The van der Waals surface area contributed by atoms with Crippen LogP contribution < -0.4 is 5.32 Å². The Balaban J connectivity index is 2.73. The molecular formula is C14H22N2O2. The van der Waals surface area contributed by atoms with Crippen molar-refractivity contribution in [2.45, 2.75) is 26.8 Å². The van der Waals surface area contributed by atoms with Crippen LogP contribution in [0.2, 0.25) is 0 Å². The van der Waals surface area contributed by atoms with Gasteiger partial charge < -0.3 is 10.4 Å². The second-order valence-electron chi connectivity index (χ2n) is 4.61. The van der Waals surface area contributed by atoms with E-state index in [-0.39, 0.29) is 17.7 Å². The summed E-state index contributed by atoms with van der Waals surface area (Å²) in [6, 6.07) is 5.61. The lowest BCUT2D eigenvalue weighted by Crippen LogP contribution is -2.36. The zero-order valence-corrected chi connectivity index (χ0v) is 11.5. The molecule has 1 aromatic rings. The number of aryl methyl sites for hydroxylation is 1. The Bertz CT molecular complexity index is 418. The molecule has 1 aromatic carbocycles. The van der Waals surface area contributed by atoms with E-state index < -0.39 is 0 Å². The van der Waals surface area contributed by atoms with Crippen LogP contribution in [0.1, 0.15) is 31.0 Å². The molecule has 1 atom stereocenters. The lowest BCUT2D eigenvalue weighted by atomic mass is 10.0. The van der Waals surface area contributed by atoms with E-state index in [0.29, 0.717) is 13.1 Å². The highest BCUT2D eigenvalue weighted by Crippen LogP contribution is 2.28. The highest BCUT2D eigenvalue weighted by molar-refractivity contribution is 5.77. The molecule has 0 fully saturated rings. The van der Waals surface area contributed by atoms with Gasteiger partial charge in [0.1, 0.15) is 5.75 Å².